The first-order valence-electron chi connectivity index (χ1n) is 8.74. The molecule has 1 aliphatic carbocycles. The monoisotopic (exact) mass is 312 g/mol. The Morgan fingerprint density at radius 1 is 0.955 bits per heavy atom. The number of hydrogen-bond acceptors (Lipinski definition) is 4. The summed E-state index contributed by atoms with van der Waals surface area (Å²) >= 11 is 0. The summed E-state index contributed by atoms with van der Waals surface area (Å²) in [4.78, 5) is 24.6. The molecule has 0 N–H and O–H groups in total. The van der Waals surface area contributed by atoms with Crippen LogP contribution in [-0.2, 0) is 19.1 Å². The largest absolute Gasteiger partial charge is 0.465 e. The number of unbranched alkanes of at least 4 members (excludes halogenated alkanes) is 3. The molecule has 1 rings (SSSR count). The molecule has 0 aromatic carbocycles. The van der Waals surface area contributed by atoms with Gasteiger partial charge in [-0.1, -0.05) is 39.0 Å². The molecule has 1 saturated carbocycles. The Labute approximate surface area is 134 Å². The topological polar surface area (TPSA) is 52.6 Å². The summed E-state index contributed by atoms with van der Waals surface area (Å²) in [5.41, 5.74) is -0.511. The lowest BCUT2D eigenvalue weighted by Crippen LogP contribution is -2.38. The molecule has 0 bridgehead atoms. The van der Waals surface area contributed by atoms with Crippen LogP contribution in [0.25, 0.3) is 0 Å². The third kappa shape index (κ3) is 6.80. The van der Waals surface area contributed by atoms with Gasteiger partial charge in [0.25, 0.3) is 0 Å². The SMILES string of the molecule is CCCCCCOC(=O)C1CCCCC1C(=O)OC(C)(C)C. The average molecular weight is 312 g/mol. The van der Waals surface area contributed by atoms with E-state index in [0.29, 0.717) is 6.61 Å². The summed E-state index contributed by atoms with van der Waals surface area (Å²) in [5, 5.41) is 0. The first kappa shape index (κ1) is 19.0. The molecular weight excluding hydrogens is 280 g/mol. The Hall–Kier alpha value is -1.06. The number of carbonyl (C=O) groups is 2. The Morgan fingerprint density at radius 2 is 1.55 bits per heavy atom. The fourth-order valence-electron chi connectivity index (χ4n) is 2.88. The Balaban J connectivity index is 2.50. The van der Waals surface area contributed by atoms with Gasteiger partial charge in [-0.25, -0.2) is 0 Å². The normalized spacial score (nSPS) is 22.2. The van der Waals surface area contributed by atoms with E-state index in [1.165, 1.54) is 6.42 Å². The second-order valence-electron chi connectivity index (χ2n) is 7.26. The summed E-state index contributed by atoms with van der Waals surface area (Å²) in [7, 11) is 0. The van der Waals surface area contributed by atoms with E-state index in [-0.39, 0.29) is 23.8 Å². The van der Waals surface area contributed by atoms with Crippen LogP contribution in [0.4, 0.5) is 0 Å². The summed E-state index contributed by atoms with van der Waals surface area (Å²) in [6.45, 7) is 8.19. The van der Waals surface area contributed by atoms with Crippen LogP contribution < -0.4 is 0 Å². The van der Waals surface area contributed by atoms with Crippen LogP contribution >= 0.6 is 0 Å². The highest BCUT2D eigenvalue weighted by Crippen LogP contribution is 2.33. The number of rotatable bonds is 7. The third-order valence-electron chi connectivity index (χ3n) is 4.02. The zero-order chi connectivity index (χ0) is 16.6. The molecule has 1 aliphatic rings. The molecule has 0 aromatic heterocycles. The van der Waals surface area contributed by atoms with Crippen molar-refractivity contribution >= 4 is 11.9 Å². The highest BCUT2D eigenvalue weighted by Gasteiger charge is 2.39. The van der Waals surface area contributed by atoms with Gasteiger partial charge in [0.2, 0.25) is 0 Å². The Bertz CT molecular complexity index is 357. The van der Waals surface area contributed by atoms with Gasteiger partial charge in [-0.15, -0.1) is 0 Å². The van der Waals surface area contributed by atoms with Crippen LogP contribution in [0, 0.1) is 11.8 Å². The lowest BCUT2D eigenvalue weighted by atomic mass is 9.79. The highest BCUT2D eigenvalue weighted by molar-refractivity contribution is 5.82. The Kier molecular flexibility index (Phi) is 7.91. The Morgan fingerprint density at radius 3 is 2.09 bits per heavy atom. The van der Waals surface area contributed by atoms with Crippen molar-refractivity contribution in [3.8, 4) is 0 Å². The molecule has 22 heavy (non-hydrogen) atoms. The molecule has 2 unspecified atom stereocenters. The van der Waals surface area contributed by atoms with E-state index in [1.807, 2.05) is 20.8 Å². The molecule has 4 nitrogen and oxygen atoms in total. The number of hydrogen-bond donors (Lipinski definition) is 0. The van der Waals surface area contributed by atoms with Gasteiger partial charge in [-0.2, -0.15) is 0 Å². The van der Waals surface area contributed by atoms with E-state index < -0.39 is 5.60 Å². The molecule has 0 saturated heterocycles. The second-order valence-corrected chi connectivity index (χ2v) is 7.26. The number of carbonyl (C=O) groups excluding carboxylic acids is 2. The minimum Gasteiger partial charge on any atom is -0.465 e. The molecule has 0 spiro atoms. The van der Waals surface area contributed by atoms with Gasteiger partial charge in [-0.3, -0.25) is 9.59 Å². The molecule has 4 heteroatoms. The van der Waals surface area contributed by atoms with Gasteiger partial charge in [-0.05, 0) is 40.0 Å². The van der Waals surface area contributed by atoms with Crippen LogP contribution in [0.15, 0.2) is 0 Å². The summed E-state index contributed by atoms with van der Waals surface area (Å²) in [6, 6.07) is 0. The quantitative estimate of drug-likeness (QED) is 0.520. The minimum atomic E-state index is -0.511. The van der Waals surface area contributed by atoms with Gasteiger partial charge < -0.3 is 9.47 Å². The van der Waals surface area contributed by atoms with Crippen molar-refractivity contribution in [3.05, 3.63) is 0 Å². The predicted octanol–water partition coefficient (Wildman–Crippen LogP) is 4.26. The lowest BCUT2D eigenvalue weighted by molar-refractivity contribution is -0.170. The van der Waals surface area contributed by atoms with Crippen molar-refractivity contribution < 1.29 is 19.1 Å². The fourth-order valence-corrected chi connectivity index (χ4v) is 2.88. The number of ether oxygens (including phenoxy) is 2. The minimum absolute atomic E-state index is 0.216. The summed E-state index contributed by atoms with van der Waals surface area (Å²) in [6.07, 6.45) is 7.74. The average Bonchev–Trinajstić information content (AvgIpc) is 2.45. The van der Waals surface area contributed by atoms with Gasteiger partial charge in [0.1, 0.15) is 5.60 Å². The molecule has 0 amide bonds. The van der Waals surface area contributed by atoms with Crippen molar-refractivity contribution in [1.29, 1.82) is 0 Å². The van der Waals surface area contributed by atoms with Crippen molar-refractivity contribution in [2.24, 2.45) is 11.8 Å². The molecule has 1 fully saturated rings. The molecule has 0 aliphatic heterocycles. The van der Waals surface area contributed by atoms with E-state index in [9.17, 15) is 9.59 Å². The summed E-state index contributed by atoms with van der Waals surface area (Å²) in [5.74, 6) is -1.13. The zero-order valence-electron chi connectivity index (χ0n) is 14.7. The first-order valence-corrected chi connectivity index (χ1v) is 8.74. The van der Waals surface area contributed by atoms with E-state index in [4.69, 9.17) is 9.47 Å². The van der Waals surface area contributed by atoms with Crippen LogP contribution in [0.2, 0.25) is 0 Å². The van der Waals surface area contributed by atoms with Crippen LogP contribution in [-0.4, -0.2) is 24.1 Å². The predicted molar refractivity (Wildman–Crippen MR) is 86.4 cm³/mol. The van der Waals surface area contributed by atoms with E-state index in [2.05, 4.69) is 6.92 Å². The maximum Gasteiger partial charge on any atom is 0.310 e. The maximum absolute atomic E-state index is 12.3. The standard InChI is InChI=1S/C18H32O4/c1-5-6-7-10-13-21-16(19)14-11-8-9-12-15(14)17(20)22-18(2,3)4/h14-15H,5-13H2,1-4H3. The van der Waals surface area contributed by atoms with Gasteiger partial charge in [0.15, 0.2) is 0 Å². The zero-order valence-corrected chi connectivity index (χ0v) is 14.7. The smallest absolute Gasteiger partial charge is 0.310 e. The maximum atomic E-state index is 12.3. The number of esters is 2. The molecule has 0 heterocycles. The summed E-state index contributed by atoms with van der Waals surface area (Å²) < 4.78 is 10.9. The molecule has 128 valence electrons. The first-order chi connectivity index (χ1) is 10.3. The molecule has 2 atom stereocenters. The van der Waals surface area contributed by atoms with E-state index >= 15 is 0 Å². The third-order valence-corrected chi connectivity index (χ3v) is 4.02. The molecule has 0 radical (unpaired) electrons. The molecule has 0 aromatic rings. The van der Waals surface area contributed by atoms with E-state index in [0.717, 1.165) is 44.9 Å². The van der Waals surface area contributed by atoms with Crippen molar-refractivity contribution in [2.45, 2.75) is 84.7 Å². The van der Waals surface area contributed by atoms with Crippen molar-refractivity contribution in [1.82, 2.24) is 0 Å². The van der Waals surface area contributed by atoms with Crippen molar-refractivity contribution in [2.75, 3.05) is 6.61 Å². The second kappa shape index (κ2) is 9.16. The van der Waals surface area contributed by atoms with E-state index in [1.54, 1.807) is 0 Å². The van der Waals surface area contributed by atoms with Crippen molar-refractivity contribution in [3.63, 3.8) is 0 Å². The van der Waals surface area contributed by atoms with Crippen LogP contribution in [0.5, 0.6) is 0 Å². The van der Waals surface area contributed by atoms with Gasteiger partial charge in [0, 0.05) is 0 Å². The van der Waals surface area contributed by atoms with Crippen LogP contribution in [0.1, 0.15) is 79.1 Å². The van der Waals surface area contributed by atoms with Crippen LogP contribution in [0.3, 0.4) is 0 Å². The lowest BCUT2D eigenvalue weighted by Gasteiger charge is -2.31. The van der Waals surface area contributed by atoms with Gasteiger partial charge >= 0.3 is 11.9 Å². The highest BCUT2D eigenvalue weighted by atomic mass is 16.6. The van der Waals surface area contributed by atoms with Gasteiger partial charge in [0.05, 0.1) is 18.4 Å². The molecular formula is C18H32O4. The fraction of sp³-hybridized carbons (Fsp3) is 0.889.